The highest BCUT2D eigenvalue weighted by Crippen LogP contribution is 2.31. The summed E-state index contributed by atoms with van der Waals surface area (Å²) >= 11 is 0. The van der Waals surface area contributed by atoms with Crippen molar-refractivity contribution in [3.05, 3.63) is 30.2 Å². The van der Waals surface area contributed by atoms with E-state index in [1.54, 1.807) is 0 Å². The van der Waals surface area contributed by atoms with Gasteiger partial charge in [0.05, 0.1) is 0 Å². The lowest BCUT2D eigenvalue weighted by Gasteiger charge is -2.36. The number of rotatable bonds is 3. The van der Waals surface area contributed by atoms with Crippen LogP contribution in [0.3, 0.4) is 0 Å². The first-order valence-electron chi connectivity index (χ1n) is 8.46. The van der Waals surface area contributed by atoms with E-state index in [0.717, 1.165) is 11.5 Å². The number of piperidine rings is 1. The SMILES string of the molecule is CC1(CN2CCC(c3nnc4ccccn34)CC2)CCNC1.Cl. The molecule has 0 aromatic carbocycles. The Morgan fingerprint density at radius 1 is 1.26 bits per heavy atom. The Bertz CT molecular complexity index is 641. The molecular formula is C17H26ClN5. The van der Waals surface area contributed by atoms with Crippen molar-refractivity contribution in [1.82, 2.24) is 24.8 Å². The number of nitrogens with zero attached hydrogens (tertiary/aromatic N) is 4. The fourth-order valence-corrected chi connectivity index (χ4v) is 4.03. The number of hydrogen-bond donors (Lipinski definition) is 1. The molecule has 6 heteroatoms. The summed E-state index contributed by atoms with van der Waals surface area (Å²) in [6, 6.07) is 6.11. The van der Waals surface area contributed by atoms with E-state index < -0.39 is 0 Å². The molecule has 4 rings (SSSR count). The average Bonchev–Trinajstić information content (AvgIpc) is 3.15. The van der Waals surface area contributed by atoms with Crippen LogP contribution in [0.4, 0.5) is 0 Å². The molecule has 2 aliphatic rings. The van der Waals surface area contributed by atoms with Crippen LogP contribution in [-0.4, -0.2) is 52.2 Å². The highest BCUT2D eigenvalue weighted by Gasteiger charge is 2.33. The van der Waals surface area contributed by atoms with Gasteiger partial charge in [-0.15, -0.1) is 22.6 Å². The topological polar surface area (TPSA) is 45.5 Å². The summed E-state index contributed by atoms with van der Waals surface area (Å²) in [5, 5.41) is 12.2. The predicted octanol–water partition coefficient (Wildman–Crippen LogP) is 2.33. The van der Waals surface area contributed by atoms with Crippen LogP contribution in [0.5, 0.6) is 0 Å². The van der Waals surface area contributed by atoms with Crippen molar-refractivity contribution >= 4 is 18.1 Å². The molecule has 2 saturated heterocycles. The molecule has 2 aromatic heterocycles. The van der Waals surface area contributed by atoms with Gasteiger partial charge in [0.1, 0.15) is 5.82 Å². The first kappa shape index (κ1) is 16.7. The van der Waals surface area contributed by atoms with Gasteiger partial charge in [-0.1, -0.05) is 13.0 Å². The number of likely N-dealkylation sites (tertiary alicyclic amines) is 1. The Morgan fingerprint density at radius 2 is 2.09 bits per heavy atom. The zero-order valence-electron chi connectivity index (χ0n) is 13.7. The number of nitrogens with one attached hydrogen (secondary N) is 1. The molecule has 2 fully saturated rings. The number of fused-ring (bicyclic) bond motifs is 1. The first-order valence-corrected chi connectivity index (χ1v) is 8.46. The van der Waals surface area contributed by atoms with E-state index in [1.165, 1.54) is 52.0 Å². The van der Waals surface area contributed by atoms with Crippen molar-refractivity contribution in [1.29, 1.82) is 0 Å². The number of aromatic nitrogens is 3. The zero-order valence-corrected chi connectivity index (χ0v) is 14.6. The molecule has 1 N–H and O–H groups in total. The van der Waals surface area contributed by atoms with Crippen LogP contribution in [-0.2, 0) is 0 Å². The smallest absolute Gasteiger partial charge is 0.160 e. The molecule has 23 heavy (non-hydrogen) atoms. The standard InChI is InChI=1S/C17H25N5.ClH/c1-17(7-8-18-12-17)13-21-10-5-14(6-11-21)16-20-19-15-4-2-3-9-22(15)16;/h2-4,9,14,18H,5-8,10-13H2,1H3;1H. The summed E-state index contributed by atoms with van der Waals surface area (Å²) in [6.45, 7) is 8.36. The Morgan fingerprint density at radius 3 is 2.83 bits per heavy atom. The molecule has 5 nitrogen and oxygen atoms in total. The van der Waals surface area contributed by atoms with E-state index in [0.29, 0.717) is 11.3 Å². The van der Waals surface area contributed by atoms with Gasteiger partial charge in [0, 0.05) is 25.2 Å². The summed E-state index contributed by atoms with van der Waals surface area (Å²) in [6.07, 6.45) is 5.78. The van der Waals surface area contributed by atoms with Crippen LogP contribution in [0.1, 0.15) is 37.9 Å². The monoisotopic (exact) mass is 335 g/mol. The van der Waals surface area contributed by atoms with E-state index in [-0.39, 0.29) is 12.4 Å². The van der Waals surface area contributed by atoms with Crippen molar-refractivity contribution in [3.8, 4) is 0 Å². The fraction of sp³-hybridized carbons (Fsp3) is 0.647. The normalized spacial score (nSPS) is 26.5. The molecule has 0 amide bonds. The first-order chi connectivity index (χ1) is 10.7. The molecule has 0 radical (unpaired) electrons. The van der Waals surface area contributed by atoms with Crippen LogP contribution < -0.4 is 5.32 Å². The molecular weight excluding hydrogens is 310 g/mol. The molecule has 126 valence electrons. The van der Waals surface area contributed by atoms with Crippen molar-refractivity contribution in [2.45, 2.75) is 32.1 Å². The lowest BCUT2D eigenvalue weighted by Crippen LogP contribution is -2.41. The van der Waals surface area contributed by atoms with Crippen molar-refractivity contribution in [3.63, 3.8) is 0 Å². The van der Waals surface area contributed by atoms with Crippen molar-refractivity contribution < 1.29 is 0 Å². The molecule has 0 aliphatic carbocycles. The molecule has 2 aromatic rings. The van der Waals surface area contributed by atoms with Crippen molar-refractivity contribution in [2.75, 3.05) is 32.7 Å². The predicted molar refractivity (Wildman–Crippen MR) is 94.2 cm³/mol. The van der Waals surface area contributed by atoms with Gasteiger partial charge in [0.15, 0.2) is 5.65 Å². The lowest BCUT2D eigenvalue weighted by atomic mass is 9.87. The van der Waals surface area contributed by atoms with Crippen LogP contribution in [0.15, 0.2) is 24.4 Å². The Balaban J connectivity index is 0.00000156. The number of halogens is 1. The van der Waals surface area contributed by atoms with E-state index in [1.807, 2.05) is 12.1 Å². The third kappa shape index (κ3) is 3.37. The maximum atomic E-state index is 4.45. The molecule has 4 heterocycles. The lowest BCUT2D eigenvalue weighted by molar-refractivity contribution is 0.142. The summed E-state index contributed by atoms with van der Waals surface area (Å²) in [4.78, 5) is 2.65. The molecule has 1 atom stereocenters. The van der Waals surface area contributed by atoms with Gasteiger partial charge < -0.3 is 10.2 Å². The number of pyridine rings is 1. The molecule has 0 saturated carbocycles. The maximum absolute atomic E-state index is 4.45. The van der Waals surface area contributed by atoms with Gasteiger partial charge in [-0.2, -0.15) is 0 Å². The summed E-state index contributed by atoms with van der Waals surface area (Å²) in [7, 11) is 0. The van der Waals surface area contributed by atoms with Gasteiger partial charge in [0.2, 0.25) is 0 Å². The Kier molecular flexibility index (Phi) is 4.90. The third-order valence-corrected chi connectivity index (χ3v) is 5.36. The van der Waals surface area contributed by atoms with Crippen LogP contribution in [0, 0.1) is 5.41 Å². The molecule has 1 unspecified atom stereocenters. The van der Waals surface area contributed by atoms with Gasteiger partial charge in [-0.25, -0.2) is 0 Å². The van der Waals surface area contributed by atoms with Gasteiger partial charge >= 0.3 is 0 Å². The van der Waals surface area contributed by atoms with Crippen LogP contribution in [0.2, 0.25) is 0 Å². The minimum atomic E-state index is 0. The quantitative estimate of drug-likeness (QED) is 0.935. The van der Waals surface area contributed by atoms with Crippen molar-refractivity contribution in [2.24, 2.45) is 5.41 Å². The van der Waals surface area contributed by atoms with Gasteiger partial charge in [-0.3, -0.25) is 4.40 Å². The average molecular weight is 336 g/mol. The second-order valence-electron chi connectivity index (χ2n) is 7.27. The second-order valence-corrected chi connectivity index (χ2v) is 7.27. The maximum Gasteiger partial charge on any atom is 0.160 e. The minimum Gasteiger partial charge on any atom is -0.316 e. The van der Waals surface area contributed by atoms with E-state index in [2.05, 4.69) is 44.0 Å². The summed E-state index contributed by atoms with van der Waals surface area (Å²) < 4.78 is 2.16. The number of hydrogen-bond acceptors (Lipinski definition) is 4. The van der Waals surface area contributed by atoms with Crippen LogP contribution in [0.25, 0.3) is 5.65 Å². The largest absolute Gasteiger partial charge is 0.316 e. The molecule has 0 spiro atoms. The molecule has 0 bridgehead atoms. The van der Waals surface area contributed by atoms with E-state index >= 15 is 0 Å². The highest BCUT2D eigenvalue weighted by atomic mass is 35.5. The summed E-state index contributed by atoms with van der Waals surface area (Å²) in [5.41, 5.74) is 1.43. The Hall–Kier alpha value is -1.17. The highest BCUT2D eigenvalue weighted by molar-refractivity contribution is 5.85. The minimum absolute atomic E-state index is 0. The third-order valence-electron chi connectivity index (χ3n) is 5.36. The Labute approximate surface area is 143 Å². The summed E-state index contributed by atoms with van der Waals surface area (Å²) in [5.74, 6) is 1.69. The van der Waals surface area contributed by atoms with E-state index in [9.17, 15) is 0 Å². The van der Waals surface area contributed by atoms with Crippen LogP contribution >= 0.6 is 12.4 Å². The molecule has 2 aliphatic heterocycles. The zero-order chi connectivity index (χ0) is 15.0. The van der Waals surface area contributed by atoms with E-state index in [4.69, 9.17) is 0 Å². The van der Waals surface area contributed by atoms with Gasteiger partial charge in [0.25, 0.3) is 0 Å². The second kappa shape index (κ2) is 6.75. The van der Waals surface area contributed by atoms with Gasteiger partial charge in [-0.05, 0) is 56.4 Å². The fourth-order valence-electron chi connectivity index (χ4n) is 4.03.